The van der Waals surface area contributed by atoms with E-state index in [1.54, 1.807) is 0 Å². The van der Waals surface area contributed by atoms with Crippen molar-refractivity contribution in [2.24, 2.45) is 0 Å². The molecule has 0 aliphatic carbocycles. The Hall–Kier alpha value is -1.05. The van der Waals surface area contributed by atoms with E-state index in [1.165, 1.54) is 12.3 Å². The number of hydrogen-bond acceptors (Lipinski definition) is 5. The van der Waals surface area contributed by atoms with Gasteiger partial charge in [-0.3, -0.25) is 9.52 Å². The maximum Gasteiger partial charge on any atom is 0.230 e. The van der Waals surface area contributed by atoms with Gasteiger partial charge in [-0.1, -0.05) is 5.87 Å². The van der Waals surface area contributed by atoms with Crippen molar-refractivity contribution < 1.29 is 8.83 Å². The van der Waals surface area contributed by atoms with Gasteiger partial charge in [0.25, 0.3) is 0 Å². The van der Waals surface area contributed by atoms with E-state index in [2.05, 4.69) is 31.8 Å². The maximum absolute atomic E-state index is 11.7. The first kappa shape index (κ1) is 13.4. The van der Waals surface area contributed by atoms with E-state index in [0.29, 0.717) is 22.5 Å². The van der Waals surface area contributed by atoms with Gasteiger partial charge in [-0.15, -0.1) is 10.7 Å². The summed E-state index contributed by atoms with van der Waals surface area (Å²) in [6.45, 7) is 1.40. The molecule has 0 aromatic carbocycles. The molecule has 0 saturated heterocycles. The van der Waals surface area contributed by atoms with E-state index in [0.717, 1.165) is 6.54 Å². The van der Waals surface area contributed by atoms with Gasteiger partial charge in [-0.05, 0) is 22.2 Å². The summed E-state index contributed by atoms with van der Waals surface area (Å²) < 4.78 is 14.4. The first-order valence-corrected chi connectivity index (χ1v) is 7.81. The van der Waals surface area contributed by atoms with Crippen LogP contribution in [-0.4, -0.2) is 25.2 Å². The van der Waals surface area contributed by atoms with Crippen LogP contribution in [0, 0.1) is 0 Å². The summed E-state index contributed by atoms with van der Waals surface area (Å²) in [6, 6.07) is 1.38. The topological polar surface area (TPSA) is 67.4 Å². The minimum Gasteiger partial charge on any atom is -0.456 e. The van der Waals surface area contributed by atoms with Crippen LogP contribution in [0.4, 0.5) is 5.88 Å². The number of furan rings is 1. The largest absolute Gasteiger partial charge is 0.456 e. The fraction of sp³-hybridized carbons (Fsp3) is 0.273. The second kappa shape index (κ2) is 5.73. The maximum atomic E-state index is 11.7. The molecule has 2 heterocycles. The van der Waals surface area contributed by atoms with Gasteiger partial charge < -0.3 is 14.2 Å². The predicted molar refractivity (Wildman–Crippen MR) is 79.6 cm³/mol. The van der Waals surface area contributed by atoms with Crippen molar-refractivity contribution in [3.8, 4) is 0 Å². The summed E-state index contributed by atoms with van der Waals surface area (Å²) in [5.74, 6) is 4.27. The Morgan fingerprint density at radius 2 is 2.22 bits per heavy atom. The molecular formula is C11H13BrN2O3S. The van der Waals surface area contributed by atoms with E-state index in [1.807, 2.05) is 6.26 Å². The molecule has 0 amide bonds. The van der Waals surface area contributed by atoms with Gasteiger partial charge in [0.1, 0.15) is 6.26 Å². The van der Waals surface area contributed by atoms with Crippen molar-refractivity contribution in [1.29, 1.82) is 0 Å². The molecule has 2 aromatic heterocycles. The monoisotopic (exact) mass is 332 g/mol. The quantitative estimate of drug-likeness (QED) is 0.650. The second-order valence-electron chi connectivity index (χ2n) is 3.68. The van der Waals surface area contributed by atoms with Crippen molar-refractivity contribution >= 4 is 49.5 Å². The molecule has 0 saturated carbocycles. The van der Waals surface area contributed by atoms with E-state index < -0.39 is 0 Å². The normalized spacial score (nSPS) is 12.8. The first-order valence-electron chi connectivity index (χ1n) is 5.22. The SMILES string of the molecule is C=S(C)NCCNc1cc(=O)c2occ(Br)c2o1. The van der Waals surface area contributed by atoms with Crippen LogP contribution in [0.3, 0.4) is 0 Å². The van der Waals surface area contributed by atoms with Crippen LogP contribution in [0.2, 0.25) is 0 Å². The van der Waals surface area contributed by atoms with Crippen molar-refractivity contribution in [2.45, 2.75) is 0 Å². The zero-order chi connectivity index (χ0) is 13.1. The van der Waals surface area contributed by atoms with Crippen LogP contribution in [-0.2, 0) is 0 Å². The van der Waals surface area contributed by atoms with Crippen LogP contribution in [0.1, 0.15) is 0 Å². The molecule has 2 aromatic rings. The Labute approximate surface area is 115 Å². The Morgan fingerprint density at radius 1 is 1.44 bits per heavy atom. The molecule has 0 fully saturated rings. The lowest BCUT2D eigenvalue weighted by Gasteiger charge is -2.06. The number of rotatable bonds is 5. The highest BCUT2D eigenvalue weighted by molar-refractivity contribution is 9.10. The third kappa shape index (κ3) is 3.04. The van der Waals surface area contributed by atoms with E-state index >= 15 is 0 Å². The van der Waals surface area contributed by atoms with Crippen molar-refractivity contribution in [3.63, 3.8) is 0 Å². The lowest BCUT2D eigenvalue weighted by atomic mass is 10.4. The summed E-state index contributed by atoms with van der Waals surface area (Å²) >= 11 is 3.26. The average Bonchev–Trinajstić information content (AvgIpc) is 2.67. The van der Waals surface area contributed by atoms with Crippen LogP contribution in [0.15, 0.2) is 30.4 Å². The number of fused-ring (bicyclic) bond motifs is 1. The van der Waals surface area contributed by atoms with Crippen molar-refractivity contribution in [2.75, 3.05) is 24.7 Å². The number of hydrogen-bond donors (Lipinski definition) is 2. The highest BCUT2D eigenvalue weighted by Crippen LogP contribution is 2.25. The van der Waals surface area contributed by atoms with Crippen molar-refractivity contribution in [1.82, 2.24) is 4.72 Å². The van der Waals surface area contributed by atoms with E-state index in [-0.39, 0.29) is 21.7 Å². The average molecular weight is 333 g/mol. The van der Waals surface area contributed by atoms with Gasteiger partial charge in [0.05, 0.1) is 4.47 Å². The van der Waals surface area contributed by atoms with E-state index in [4.69, 9.17) is 8.83 Å². The molecule has 98 valence electrons. The molecule has 5 nitrogen and oxygen atoms in total. The molecule has 0 bridgehead atoms. The number of anilines is 1. The summed E-state index contributed by atoms with van der Waals surface area (Å²) in [4.78, 5) is 11.7. The van der Waals surface area contributed by atoms with Crippen LogP contribution in [0.5, 0.6) is 0 Å². The smallest absolute Gasteiger partial charge is 0.230 e. The molecule has 0 spiro atoms. The summed E-state index contributed by atoms with van der Waals surface area (Å²) in [6.07, 6.45) is 3.43. The molecule has 2 N–H and O–H groups in total. The van der Waals surface area contributed by atoms with E-state index in [9.17, 15) is 4.79 Å². The first-order chi connectivity index (χ1) is 8.58. The second-order valence-corrected chi connectivity index (χ2v) is 6.09. The molecule has 7 heteroatoms. The van der Waals surface area contributed by atoms with Gasteiger partial charge in [0.2, 0.25) is 11.0 Å². The van der Waals surface area contributed by atoms with Crippen LogP contribution < -0.4 is 15.5 Å². The van der Waals surface area contributed by atoms with Gasteiger partial charge >= 0.3 is 0 Å². The highest BCUT2D eigenvalue weighted by atomic mass is 79.9. The summed E-state index contributed by atoms with van der Waals surface area (Å²) in [5.41, 5.74) is 0.439. The number of halogens is 1. The third-order valence-electron chi connectivity index (χ3n) is 2.17. The fourth-order valence-electron chi connectivity index (χ4n) is 1.41. The molecule has 1 atom stereocenters. The zero-order valence-electron chi connectivity index (χ0n) is 9.79. The zero-order valence-corrected chi connectivity index (χ0v) is 12.2. The van der Waals surface area contributed by atoms with Gasteiger partial charge in [-0.2, -0.15) is 0 Å². The highest BCUT2D eigenvalue weighted by Gasteiger charge is 2.11. The molecule has 0 radical (unpaired) electrons. The minimum absolute atomic E-state index is 0.0522. The van der Waals surface area contributed by atoms with Crippen LogP contribution >= 0.6 is 26.6 Å². The third-order valence-corrected chi connectivity index (χ3v) is 3.42. The van der Waals surface area contributed by atoms with Crippen LogP contribution in [0.25, 0.3) is 11.2 Å². The molecule has 2 rings (SSSR count). The Morgan fingerprint density at radius 3 is 2.94 bits per heavy atom. The standard InChI is InChI=1S/C11H13BrN2O3S/c1-18(2)14-4-3-13-9-5-8(15)11-10(17-9)7(12)6-16-11/h5-6,13-14H,1,3-4H2,2H3. The molecule has 1 unspecified atom stereocenters. The van der Waals surface area contributed by atoms with Gasteiger partial charge in [0.15, 0.2) is 11.5 Å². The Kier molecular flexibility index (Phi) is 4.26. The summed E-state index contributed by atoms with van der Waals surface area (Å²) in [7, 11) is -0.0522. The predicted octanol–water partition coefficient (Wildman–Crippen LogP) is 2.40. The minimum atomic E-state index is -0.204. The molecule has 0 aliphatic heterocycles. The lowest BCUT2D eigenvalue weighted by Crippen LogP contribution is -2.17. The Balaban J connectivity index is 2.12. The lowest BCUT2D eigenvalue weighted by molar-refractivity contribution is 0.585. The number of nitrogens with one attached hydrogen (secondary N) is 2. The molecule has 0 aliphatic rings. The Bertz CT molecular complexity index is 635. The molecule has 18 heavy (non-hydrogen) atoms. The van der Waals surface area contributed by atoms with Gasteiger partial charge in [-0.25, -0.2) is 0 Å². The summed E-state index contributed by atoms with van der Waals surface area (Å²) in [5, 5.41) is 3.04. The van der Waals surface area contributed by atoms with Crippen molar-refractivity contribution in [3.05, 3.63) is 27.0 Å². The molecular weight excluding hydrogens is 320 g/mol. The fourth-order valence-corrected chi connectivity index (χ4v) is 2.22. The van der Waals surface area contributed by atoms with Gasteiger partial charge in [0, 0.05) is 19.2 Å².